The van der Waals surface area contributed by atoms with E-state index in [-0.39, 0.29) is 0 Å². The molecule has 2 fully saturated rings. The van der Waals surface area contributed by atoms with Crippen LogP contribution in [-0.2, 0) is 6.54 Å². The Morgan fingerprint density at radius 1 is 1.24 bits per heavy atom. The summed E-state index contributed by atoms with van der Waals surface area (Å²) in [5.74, 6) is 1.66. The average molecular weight is 250 g/mol. The minimum absolute atomic E-state index is 0.633. The van der Waals surface area contributed by atoms with Gasteiger partial charge in [0.15, 0.2) is 0 Å². The molecule has 0 amide bonds. The standard InChI is InChI=1S/C15H20ClN/c16-10-14-8-15(9-14)6-7-17(12-15)11-13-4-2-1-3-5-13/h1-5,14H,6-12H2. The highest BCUT2D eigenvalue weighted by Crippen LogP contribution is 2.52. The van der Waals surface area contributed by atoms with Crippen molar-refractivity contribution in [2.24, 2.45) is 11.3 Å². The van der Waals surface area contributed by atoms with E-state index in [1.54, 1.807) is 0 Å². The summed E-state index contributed by atoms with van der Waals surface area (Å²) in [5.41, 5.74) is 2.08. The molecule has 0 unspecified atom stereocenters. The predicted octanol–water partition coefficient (Wildman–Crippen LogP) is 3.53. The van der Waals surface area contributed by atoms with Crippen molar-refractivity contribution in [2.75, 3.05) is 19.0 Å². The van der Waals surface area contributed by atoms with Gasteiger partial charge in [-0.25, -0.2) is 0 Å². The lowest BCUT2D eigenvalue weighted by atomic mass is 9.62. The minimum atomic E-state index is 0.633. The summed E-state index contributed by atoms with van der Waals surface area (Å²) in [4.78, 5) is 2.61. The molecule has 1 aliphatic heterocycles. The normalized spacial score (nSPS) is 32.9. The fraction of sp³-hybridized carbons (Fsp3) is 0.600. The van der Waals surface area contributed by atoms with Gasteiger partial charge in [-0.3, -0.25) is 4.90 Å². The van der Waals surface area contributed by atoms with Gasteiger partial charge in [-0.1, -0.05) is 30.3 Å². The van der Waals surface area contributed by atoms with E-state index in [4.69, 9.17) is 11.6 Å². The summed E-state index contributed by atoms with van der Waals surface area (Å²) in [5, 5.41) is 0. The zero-order valence-electron chi connectivity index (χ0n) is 10.2. The van der Waals surface area contributed by atoms with Crippen LogP contribution in [0, 0.1) is 11.3 Å². The Labute approximate surface area is 109 Å². The number of hydrogen-bond donors (Lipinski definition) is 0. The van der Waals surface area contributed by atoms with Crippen molar-refractivity contribution >= 4 is 11.6 Å². The van der Waals surface area contributed by atoms with Crippen LogP contribution in [0.25, 0.3) is 0 Å². The third-order valence-electron chi connectivity index (χ3n) is 4.43. The largest absolute Gasteiger partial charge is 0.299 e. The van der Waals surface area contributed by atoms with Crippen molar-refractivity contribution in [3.05, 3.63) is 35.9 Å². The second-order valence-electron chi connectivity index (χ2n) is 5.87. The number of likely N-dealkylation sites (tertiary alicyclic amines) is 1. The molecule has 17 heavy (non-hydrogen) atoms. The molecule has 1 aromatic carbocycles. The first-order valence-electron chi connectivity index (χ1n) is 6.62. The van der Waals surface area contributed by atoms with E-state index in [1.807, 2.05) is 0 Å². The minimum Gasteiger partial charge on any atom is -0.299 e. The van der Waals surface area contributed by atoms with Crippen LogP contribution in [0.3, 0.4) is 0 Å². The first-order valence-corrected chi connectivity index (χ1v) is 7.15. The van der Waals surface area contributed by atoms with Crippen LogP contribution in [0.1, 0.15) is 24.8 Å². The highest BCUT2D eigenvalue weighted by molar-refractivity contribution is 6.18. The molecule has 0 radical (unpaired) electrons. The van der Waals surface area contributed by atoms with Crippen LogP contribution in [0.4, 0.5) is 0 Å². The predicted molar refractivity (Wildman–Crippen MR) is 72.2 cm³/mol. The smallest absolute Gasteiger partial charge is 0.0252 e. The van der Waals surface area contributed by atoms with Gasteiger partial charge in [0.05, 0.1) is 0 Å². The van der Waals surface area contributed by atoms with Crippen LogP contribution >= 0.6 is 11.6 Å². The maximum atomic E-state index is 5.92. The van der Waals surface area contributed by atoms with Crippen molar-refractivity contribution in [3.63, 3.8) is 0 Å². The lowest BCUT2D eigenvalue weighted by Crippen LogP contribution is -2.40. The number of alkyl halides is 1. The lowest BCUT2D eigenvalue weighted by Gasteiger charge is -2.44. The third-order valence-corrected chi connectivity index (χ3v) is 4.86. The topological polar surface area (TPSA) is 3.24 Å². The molecule has 1 saturated carbocycles. The molecule has 2 aliphatic rings. The molecule has 0 N–H and O–H groups in total. The van der Waals surface area contributed by atoms with E-state index >= 15 is 0 Å². The van der Waals surface area contributed by atoms with E-state index in [2.05, 4.69) is 35.2 Å². The van der Waals surface area contributed by atoms with E-state index in [9.17, 15) is 0 Å². The summed E-state index contributed by atoms with van der Waals surface area (Å²) in [6, 6.07) is 10.8. The molecular formula is C15H20ClN. The maximum absolute atomic E-state index is 5.92. The van der Waals surface area contributed by atoms with Crippen molar-refractivity contribution in [2.45, 2.75) is 25.8 Å². The number of halogens is 1. The molecule has 3 rings (SSSR count). The Balaban J connectivity index is 1.55. The lowest BCUT2D eigenvalue weighted by molar-refractivity contribution is 0.0759. The van der Waals surface area contributed by atoms with Crippen LogP contribution in [0.15, 0.2) is 30.3 Å². The zero-order valence-corrected chi connectivity index (χ0v) is 11.0. The van der Waals surface area contributed by atoms with Gasteiger partial charge in [-0.15, -0.1) is 11.6 Å². The zero-order chi connectivity index (χ0) is 11.7. The highest BCUT2D eigenvalue weighted by atomic mass is 35.5. The molecule has 92 valence electrons. The quantitative estimate of drug-likeness (QED) is 0.741. The highest BCUT2D eigenvalue weighted by Gasteiger charge is 2.47. The SMILES string of the molecule is ClCC1CC2(CCN(Cc3ccccc3)C2)C1. The van der Waals surface area contributed by atoms with Gasteiger partial charge in [0.25, 0.3) is 0 Å². The molecule has 1 nitrogen and oxygen atoms in total. The number of benzene rings is 1. The van der Waals surface area contributed by atoms with Gasteiger partial charge in [0.2, 0.25) is 0 Å². The first-order chi connectivity index (χ1) is 8.30. The van der Waals surface area contributed by atoms with E-state index in [0.29, 0.717) is 5.41 Å². The fourth-order valence-corrected chi connectivity index (χ4v) is 3.83. The Hall–Kier alpha value is -0.530. The second kappa shape index (κ2) is 4.62. The van der Waals surface area contributed by atoms with Crippen molar-refractivity contribution in [1.82, 2.24) is 4.90 Å². The molecule has 1 aliphatic carbocycles. The number of nitrogens with zero attached hydrogens (tertiary/aromatic N) is 1. The van der Waals surface area contributed by atoms with Crippen LogP contribution in [-0.4, -0.2) is 23.9 Å². The summed E-state index contributed by atoms with van der Waals surface area (Å²) in [6.45, 7) is 3.67. The van der Waals surface area contributed by atoms with Gasteiger partial charge in [-0.2, -0.15) is 0 Å². The van der Waals surface area contributed by atoms with Gasteiger partial charge >= 0.3 is 0 Å². The van der Waals surface area contributed by atoms with Gasteiger partial charge in [0.1, 0.15) is 0 Å². The summed E-state index contributed by atoms with van der Waals surface area (Å²) in [6.07, 6.45) is 4.11. The molecule has 0 aromatic heterocycles. The Morgan fingerprint density at radius 2 is 2.00 bits per heavy atom. The second-order valence-corrected chi connectivity index (χ2v) is 6.18. The monoisotopic (exact) mass is 249 g/mol. The van der Waals surface area contributed by atoms with Crippen LogP contribution in [0.5, 0.6) is 0 Å². The van der Waals surface area contributed by atoms with Gasteiger partial charge in [0, 0.05) is 19.0 Å². The Bertz CT molecular complexity index is 370. The first kappa shape index (κ1) is 11.6. The molecule has 1 spiro atoms. The fourth-order valence-electron chi connectivity index (χ4n) is 3.61. The molecule has 1 heterocycles. The molecular weight excluding hydrogens is 230 g/mol. The van der Waals surface area contributed by atoms with Gasteiger partial charge < -0.3 is 0 Å². The third kappa shape index (κ3) is 2.36. The van der Waals surface area contributed by atoms with E-state index < -0.39 is 0 Å². The van der Waals surface area contributed by atoms with Crippen LogP contribution in [0.2, 0.25) is 0 Å². The maximum Gasteiger partial charge on any atom is 0.0252 e. The van der Waals surface area contributed by atoms with Gasteiger partial charge in [-0.05, 0) is 42.7 Å². The summed E-state index contributed by atoms with van der Waals surface area (Å²) >= 11 is 5.92. The molecule has 0 bridgehead atoms. The van der Waals surface area contributed by atoms with Crippen molar-refractivity contribution in [3.8, 4) is 0 Å². The average Bonchev–Trinajstić information content (AvgIpc) is 2.72. The summed E-state index contributed by atoms with van der Waals surface area (Å²) < 4.78 is 0. The van der Waals surface area contributed by atoms with E-state index in [0.717, 1.165) is 18.3 Å². The molecule has 2 heteroatoms. The number of hydrogen-bond acceptors (Lipinski definition) is 1. The van der Waals surface area contributed by atoms with Crippen LogP contribution < -0.4 is 0 Å². The molecule has 0 atom stereocenters. The Morgan fingerprint density at radius 3 is 2.71 bits per heavy atom. The van der Waals surface area contributed by atoms with Crippen molar-refractivity contribution < 1.29 is 0 Å². The summed E-state index contributed by atoms with van der Waals surface area (Å²) in [7, 11) is 0. The molecule has 1 aromatic rings. The van der Waals surface area contributed by atoms with Crippen molar-refractivity contribution in [1.29, 1.82) is 0 Å². The van der Waals surface area contributed by atoms with E-state index in [1.165, 1.54) is 37.9 Å². The molecule has 1 saturated heterocycles. The Kier molecular flexibility index (Phi) is 3.14. The number of rotatable bonds is 3.